The molecular formula is C27H40FNO8S. The number of unbranched alkanes of at least 4 members (excludes halogenated alkanes) is 5. The zero-order chi connectivity index (χ0) is 27.8. The van der Waals surface area contributed by atoms with Gasteiger partial charge in [-0.25, -0.2) is 17.6 Å². The quantitative estimate of drug-likeness (QED) is 0.234. The fourth-order valence-electron chi connectivity index (χ4n) is 4.99. The second-order valence-corrected chi connectivity index (χ2v) is 11.7. The monoisotopic (exact) mass is 557 g/mol. The third-order valence-corrected chi connectivity index (χ3v) is 8.70. The van der Waals surface area contributed by atoms with Gasteiger partial charge >= 0.3 is 5.97 Å². The average Bonchev–Trinajstić information content (AvgIpc) is 3.24. The van der Waals surface area contributed by atoms with Crippen LogP contribution in [0, 0.1) is 5.82 Å². The summed E-state index contributed by atoms with van der Waals surface area (Å²) in [6, 6.07) is 3.94. The summed E-state index contributed by atoms with van der Waals surface area (Å²) >= 11 is 0. The van der Waals surface area contributed by atoms with Crippen molar-refractivity contribution < 1.29 is 42.0 Å². The molecule has 0 amide bonds. The first kappa shape index (κ1) is 30.5. The highest BCUT2D eigenvalue weighted by Crippen LogP contribution is 2.41. The molecule has 0 aromatic heterocycles. The Labute approximate surface area is 224 Å². The van der Waals surface area contributed by atoms with Gasteiger partial charge in [0.25, 0.3) is 0 Å². The first-order chi connectivity index (χ1) is 18.2. The summed E-state index contributed by atoms with van der Waals surface area (Å²) in [6.45, 7) is 2.96. The van der Waals surface area contributed by atoms with E-state index in [4.69, 9.17) is 14.2 Å². The van der Waals surface area contributed by atoms with Crippen molar-refractivity contribution in [2.45, 2.75) is 94.9 Å². The minimum atomic E-state index is -4.16. The van der Waals surface area contributed by atoms with Crippen LogP contribution in [0.5, 0.6) is 0 Å². The topological polar surface area (TPSA) is 131 Å². The van der Waals surface area contributed by atoms with Crippen LogP contribution in [0.2, 0.25) is 0 Å². The molecule has 2 aliphatic rings. The molecule has 0 radical (unpaired) electrons. The van der Waals surface area contributed by atoms with E-state index in [1.54, 1.807) is 6.92 Å². The average molecular weight is 558 g/mol. The highest BCUT2D eigenvalue weighted by Gasteiger charge is 2.51. The molecule has 214 valence electrons. The Balaban J connectivity index is 1.83. The summed E-state index contributed by atoms with van der Waals surface area (Å²) in [5.41, 5.74) is 0.676. The Morgan fingerprint density at radius 1 is 1.11 bits per heavy atom. The standard InChI is InChI=1S/C27H40FNO8S/c1-3-5-6-7-8-9-10-19-15-20(28)11-12-22(19)29-38(33,34)25-13-14-27(16-21(25)26(32)35-4-2)36-23(17-30)24(18-31)37-27/h11-12,15-16,23-25,29-31H,3-10,13-14,17-18H2,1-2H3. The second-order valence-electron chi connectivity index (χ2n) is 9.80. The number of aliphatic hydroxyl groups is 2. The third-order valence-electron chi connectivity index (χ3n) is 6.96. The number of carbonyl (C=O) groups excluding carboxylic acids is 1. The van der Waals surface area contributed by atoms with Crippen LogP contribution in [-0.2, 0) is 35.4 Å². The van der Waals surface area contributed by atoms with Crippen molar-refractivity contribution in [1.82, 2.24) is 0 Å². The van der Waals surface area contributed by atoms with Gasteiger partial charge in [0.2, 0.25) is 10.0 Å². The summed E-state index contributed by atoms with van der Waals surface area (Å²) in [5.74, 6) is -2.74. The summed E-state index contributed by atoms with van der Waals surface area (Å²) in [7, 11) is -4.16. The van der Waals surface area contributed by atoms with Gasteiger partial charge in [-0.15, -0.1) is 0 Å². The molecule has 1 aliphatic heterocycles. The maximum absolute atomic E-state index is 14.0. The molecule has 1 saturated heterocycles. The number of nitrogens with one attached hydrogen (secondary N) is 1. The second kappa shape index (κ2) is 13.8. The number of aryl methyl sites for hydroxylation is 1. The Hall–Kier alpha value is -2.05. The molecule has 38 heavy (non-hydrogen) atoms. The zero-order valence-corrected chi connectivity index (χ0v) is 23.0. The number of hydrogen-bond acceptors (Lipinski definition) is 8. The lowest BCUT2D eigenvalue weighted by atomic mass is 9.94. The summed E-state index contributed by atoms with van der Waals surface area (Å²) < 4.78 is 60.6. The van der Waals surface area contributed by atoms with Gasteiger partial charge in [-0.05, 0) is 56.0 Å². The van der Waals surface area contributed by atoms with Gasteiger partial charge in [0, 0.05) is 6.42 Å². The lowest BCUT2D eigenvalue weighted by Crippen LogP contribution is -2.43. The molecule has 3 N–H and O–H groups in total. The number of carbonyl (C=O) groups is 1. The molecule has 1 aliphatic carbocycles. The molecule has 3 rings (SSSR count). The number of halogens is 1. The minimum absolute atomic E-state index is 0.0317. The molecule has 11 heteroatoms. The molecule has 9 nitrogen and oxygen atoms in total. The van der Waals surface area contributed by atoms with E-state index in [-0.39, 0.29) is 30.7 Å². The number of benzene rings is 1. The van der Waals surface area contributed by atoms with Gasteiger partial charge in [0.05, 0.1) is 31.1 Å². The Morgan fingerprint density at radius 2 is 1.76 bits per heavy atom. The van der Waals surface area contributed by atoms with Crippen molar-refractivity contribution in [2.75, 3.05) is 24.5 Å². The predicted molar refractivity (Wildman–Crippen MR) is 140 cm³/mol. The first-order valence-electron chi connectivity index (χ1n) is 13.5. The number of rotatable bonds is 14. The normalized spacial score (nSPS) is 25.4. The first-order valence-corrected chi connectivity index (χ1v) is 15.0. The number of anilines is 1. The highest BCUT2D eigenvalue weighted by atomic mass is 32.2. The van der Waals surface area contributed by atoms with Crippen molar-refractivity contribution in [1.29, 1.82) is 0 Å². The van der Waals surface area contributed by atoms with Gasteiger partial charge in [0.15, 0.2) is 5.79 Å². The van der Waals surface area contributed by atoms with Crippen LogP contribution in [0.15, 0.2) is 29.8 Å². The molecular weight excluding hydrogens is 517 g/mol. The maximum atomic E-state index is 14.0. The van der Waals surface area contributed by atoms with Gasteiger partial charge in [0.1, 0.15) is 23.3 Å². The zero-order valence-electron chi connectivity index (χ0n) is 22.2. The van der Waals surface area contributed by atoms with Crippen LogP contribution in [0.4, 0.5) is 10.1 Å². The highest BCUT2D eigenvalue weighted by molar-refractivity contribution is 7.93. The minimum Gasteiger partial charge on any atom is -0.463 e. The van der Waals surface area contributed by atoms with Gasteiger partial charge in [-0.3, -0.25) is 4.72 Å². The van der Waals surface area contributed by atoms with E-state index in [0.717, 1.165) is 32.1 Å². The third kappa shape index (κ3) is 7.53. The van der Waals surface area contributed by atoms with Crippen molar-refractivity contribution in [3.8, 4) is 0 Å². The van der Waals surface area contributed by atoms with Crippen LogP contribution in [0.1, 0.15) is 70.8 Å². The summed E-state index contributed by atoms with van der Waals surface area (Å²) in [5, 5.41) is 17.9. The van der Waals surface area contributed by atoms with E-state index in [1.165, 1.54) is 30.7 Å². The lowest BCUT2D eigenvalue weighted by Gasteiger charge is -2.33. The lowest BCUT2D eigenvalue weighted by molar-refractivity contribution is -0.154. The summed E-state index contributed by atoms with van der Waals surface area (Å²) in [4.78, 5) is 12.9. The van der Waals surface area contributed by atoms with E-state index in [1.807, 2.05) is 0 Å². The molecule has 0 bridgehead atoms. The number of sulfonamides is 1. The maximum Gasteiger partial charge on any atom is 0.335 e. The Kier molecular flexibility index (Phi) is 11.1. The van der Waals surface area contributed by atoms with Crippen molar-refractivity contribution in [2.24, 2.45) is 0 Å². The van der Waals surface area contributed by atoms with Crippen LogP contribution in [0.3, 0.4) is 0 Å². The SMILES string of the molecule is CCCCCCCCc1cc(F)ccc1NS(=O)(=O)C1CCC2(C=C1C(=O)OCC)OC(CO)C(CO)O2. The Bertz CT molecular complexity index is 1060. The van der Waals surface area contributed by atoms with E-state index in [2.05, 4.69) is 11.6 Å². The van der Waals surface area contributed by atoms with E-state index < -0.39 is 58.3 Å². The van der Waals surface area contributed by atoms with Crippen LogP contribution in [0.25, 0.3) is 0 Å². The predicted octanol–water partition coefficient (Wildman–Crippen LogP) is 3.59. The van der Waals surface area contributed by atoms with E-state index in [0.29, 0.717) is 12.0 Å². The molecule has 1 heterocycles. The van der Waals surface area contributed by atoms with Gasteiger partial charge in [-0.2, -0.15) is 0 Å². The number of ether oxygens (including phenoxy) is 3. The van der Waals surface area contributed by atoms with Crippen LogP contribution >= 0.6 is 0 Å². The molecule has 1 aromatic carbocycles. The van der Waals surface area contributed by atoms with Crippen molar-refractivity contribution in [3.63, 3.8) is 0 Å². The number of hydrogen-bond donors (Lipinski definition) is 3. The number of aliphatic hydroxyl groups excluding tert-OH is 2. The molecule has 1 fully saturated rings. The van der Waals surface area contributed by atoms with Crippen LogP contribution in [-0.4, -0.2) is 67.7 Å². The van der Waals surface area contributed by atoms with Crippen LogP contribution < -0.4 is 4.72 Å². The van der Waals surface area contributed by atoms with E-state index >= 15 is 0 Å². The fourth-order valence-corrected chi connectivity index (χ4v) is 6.57. The largest absolute Gasteiger partial charge is 0.463 e. The summed E-state index contributed by atoms with van der Waals surface area (Å²) in [6.07, 6.45) is 6.47. The fraction of sp³-hybridized carbons (Fsp3) is 0.667. The molecule has 3 atom stereocenters. The molecule has 3 unspecified atom stereocenters. The Morgan fingerprint density at radius 3 is 2.39 bits per heavy atom. The van der Waals surface area contributed by atoms with Crippen molar-refractivity contribution >= 4 is 21.7 Å². The van der Waals surface area contributed by atoms with E-state index in [9.17, 15) is 27.8 Å². The number of esters is 1. The molecule has 1 aromatic rings. The molecule has 0 saturated carbocycles. The smallest absolute Gasteiger partial charge is 0.335 e. The van der Waals surface area contributed by atoms with Gasteiger partial charge < -0.3 is 24.4 Å². The van der Waals surface area contributed by atoms with Gasteiger partial charge in [-0.1, -0.05) is 39.0 Å². The van der Waals surface area contributed by atoms with Crippen molar-refractivity contribution in [3.05, 3.63) is 41.2 Å². The molecule has 1 spiro atoms.